The first-order chi connectivity index (χ1) is 15.1. The first-order valence-corrected chi connectivity index (χ1v) is 10.3. The molecule has 0 bridgehead atoms. The van der Waals surface area contributed by atoms with Gasteiger partial charge in [0.1, 0.15) is 5.76 Å². The minimum absolute atomic E-state index is 0.0662. The number of carbonyl (C=O) groups excluding carboxylic acids is 3. The first-order valence-electron chi connectivity index (χ1n) is 9.44. The fraction of sp³-hybridized carbons (Fsp3) is 0.227. The minimum atomic E-state index is -4.50. The van der Waals surface area contributed by atoms with Crippen LogP contribution in [-0.4, -0.2) is 30.8 Å². The van der Waals surface area contributed by atoms with Gasteiger partial charge >= 0.3 is 12.1 Å². The van der Waals surface area contributed by atoms with Crippen LogP contribution < -0.4 is 5.32 Å². The van der Waals surface area contributed by atoms with E-state index < -0.39 is 30.1 Å². The number of rotatable bonds is 8. The highest BCUT2D eigenvalue weighted by Gasteiger charge is 2.30. The molecule has 0 aliphatic rings. The van der Waals surface area contributed by atoms with Crippen LogP contribution in [0.4, 0.5) is 13.2 Å². The summed E-state index contributed by atoms with van der Waals surface area (Å²) in [6, 6.07) is 10.5. The molecule has 0 aliphatic carbocycles. The molecule has 1 aromatic carbocycles. The van der Waals surface area contributed by atoms with E-state index in [1.807, 2.05) is 0 Å². The molecule has 2 aromatic heterocycles. The Morgan fingerprint density at radius 1 is 1.09 bits per heavy atom. The summed E-state index contributed by atoms with van der Waals surface area (Å²) >= 11 is 1.24. The predicted molar refractivity (Wildman–Crippen MR) is 110 cm³/mol. The number of ketones is 1. The van der Waals surface area contributed by atoms with E-state index in [0.717, 1.165) is 17.0 Å². The highest BCUT2D eigenvalue weighted by Crippen LogP contribution is 2.32. The van der Waals surface area contributed by atoms with Crippen molar-refractivity contribution >= 4 is 29.0 Å². The number of Topliss-reactive ketones (excluding diaryl/α,β-unsaturated/α-hetero) is 1. The van der Waals surface area contributed by atoms with Gasteiger partial charge in [0.25, 0.3) is 0 Å². The lowest BCUT2D eigenvalue weighted by atomic mass is 10.1. The summed E-state index contributed by atoms with van der Waals surface area (Å²) in [5, 5.41) is 2.66. The lowest BCUT2D eigenvalue weighted by molar-refractivity contribution is -0.137. The number of furan rings is 1. The van der Waals surface area contributed by atoms with Crippen LogP contribution in [0.5, 0.6) is 0 Å². The third-order valence-corrected chi connectivity index (χ3v) is 5.48. The summed E-state index contributed by atoms with van der Waals surface area (Å²) in [7, 11) is 0. The molecule has 0 unspecified atom stereocenters. The van der Waals surface area contributed by atoms with Gasteiger partial charge in [-0.3, -0.25) is 9.59 Å². The number of hydrogen-bond acceptors (Lipinski definition) is 6. The molecule has 3 aromatic rings. The molecular formula is C22H18F3NO5S. The van der Waals surface area contributed by atoms with E-state index in [1.165, 1.54) is 42.5 Å². The van der Waals surface area contributed by atoms with Crippen LogP contribution in [0, 0.1) is 0 Å². The molecule has 1 N–H and O–H groups in total. The fourth-order valence-electron chi connectivity index (χ4n) is 2.75. The molecule has 32 heavy (non-hydrogen) atoms. The van der Waals surface area contributed by atoms with Gasteiger partial charge in [0.2, 0.25) is 17.5 Å². The van der Waals surface area contributed by atoms with Crippen LogP contribution in [0.15, 0.2) is 52.9 Å². The van der Waals surface area contributed by atoms with Gasteiger partial charge in [-0.25, -0.2) is 4.79 Å². The number of benzene rings is 1. The number of amides is 1. The Morgan fingerprint density at radius 2 is 1.88 bits per heavy atom. The smallest absolute Gasteiger partial charge is 0.416 e. The standard InChI is InChI=1S/C22H18F3NO5S/c1-13(27)26-10-9-16-5-8-20(32-16)17(28)12-30-21(29)19-7-6-18(31-19)14-3-2-4-15(11-14)22(23,24)25/h2-8,11H,9-10,12H2,1H3,(H,26,27). The summed E-state index contributed by atoms with van der Waals surface area (Å²) in [5.41, 5.74) is -0.686. The SMILES string of the molecule is CC(=O)NCCc1ccc(C(=O)COC(=O)c2ccc(-c3cccc(C(F)(F)F)c3)o2)s1. The van der Waals surface area contributed by atoms with Crippen LogP contribution in [0.2, 0.25) is 0 Å². The molecule has 0 spiro atoms. The number of ether oxygens (including phenoxy) is 1. The van der Waals surface area contributed by atoms with Gasteiger partial charge in [0, 0.05) is 23.9 Å². The average molecular weight is 465 g/mol. The van der Waals surface area contributed by atoms with E-state index >= 15 is 0 Å². The minimum Gasteiger partial charge on any atom is -0.451 e. The summed E-state index contributed by atoms with van der Waals surface area (Å²) in [6.07, 6.45) is -3.93. The lowest BCUT2D eigenvalue weighted by Gasteiger charge is -2.07. The molecule has 0 saturated heterocycles. The van der Waals surface area contributed by atoms with Crippen molar-refractivity contribution in [2.75, 3.05) is 13.2 Å². The predicted octanol–water partition coefficient (Wildman–Crippen LogP) is 4.75. The van der Waals surface area contributed by atoms with Crippen LogP contribution in [0.3, 0.4) is 0 Å². The van der Waals surface area contributed by atoms with Crippen LogP contribution >= 0.6 is 11.3 Å². The molecule has 10 heteroatoms. The summed E-state index contributed by atoms with van der Waals surface area (Å²) in [6.45, 7) is 1.36. The molecule has 0 atom stereocenters. The molecule has 0 saturated carbocycles. The number of halogens is 3. The fourth-order valence-corrected chi connectivity index (χ4v) is 3.68. The molecule has 2 heterocycles. The number of alkyl halides is 3. The second-order valence-corrected chi connectivity index (χ2v) is 7.91. The normalized spacial score (nSPS) is 11.2. The van der Waals surface area contributed by atoms with Crippen LogP contribution in [0.1, 0.15) is 37.6 Å². The van der Waals surface area contributed by atoms with Gasteiger partial charge in [0.15, 0.2) is 6.61 Å². The second-order valence-electron chi connectivity index (χ2n) is 6.74. The highest BCUT2D eigenvalue weighted by molar-refractivity contribution is 7.14. The number of esters is 1. The molecule has 1 amide bonds. The van der Waals surface area contributed by atoms with E-state index in [9.17, 15) is 27.6 Å². The molecule has 0 radical (unpaired) electrons. The average Bonchev–Trinajstić information content (AvgIpc) is 3.41. The summed E-state index contributed by atoms with van der Waals surface area (Å²) in [5.74, 6) is -1.61. The first kappa shape index (κ1) is 23.3. The Balaban J connectivity index is 1.57. The van der Waals surface area contributed by atoms with Crippen molar-refractivity contribution in [3.05, 3.63) is 69.6 Å². The van der Waals surface area contributed by atoms with E-state index in [2.05, 4.69) is 5.32 Å². The quantitative estimate of drug-likeness (QED) is 0.384. The Bertz CT molecular complexity index is 1130. The van der Waals surface area contributed by atoms with Gasteiger partial charge in [-0.05, 0) is 42.8 Å². The zero-order chi connectivity index (χ0) is 23.3. The summed E-state index contributed by atoms with van der Waals surface area (Å²) < 4.78 is 48.9. The molecular weight excluding hydrogens is 447 g/mol. The zero-order valence-electron chi connectivity index (χ0n) is 16.8. The Kier molecular flexibility index (Phi) is 7.14. The van der Waals surface area contributed by atoms with E-state index in [-0.39, 0.29) is 23.0 Å². The van der Waals surface area contributed by atoms with Crippen molar-refractivity contribution < 1.29 is 36.7 Å². The third kappa shape index (κ3) is 6.07. The molecule has 168 valence electrons. The van der Waals surface area contributed by atoms with Gasteiger partial charge in [-0.15, -0.1) is 11.3 Å². The Morgan fingerprint density at radius 3 is 2.59 bits per heavy atom. The van der Waals surface area contributed by atoms with Crippen molar-refractivity contribution in [2.45, 2.75) is 19.5 Å². The number of thiophene rings is 1. The Hall–Kier alpha value is -3.40. The van der Waals surface area contributed by atoms with E-state index in [1.54, 1.807) is 12.1 Å². The number of carbonyl (C=O) groups is 3. The van der Waals surface area contributed by atoms with Gasteiger partial charge in [-0.1, -0.05) is 12.1 Å². The largest absolute Gasteiger partial charge is 0.451 e. The molecule has 0 aliphatic heterocycles. The zero-order valence-corrected chi connectivity index (χ0v) is 17.6. The second kappa shape index (κ2) is 9.82. The third-order valence-electron chi connectivity index (χ3n) is 4.30. The highest BCUT2D eigenvalue weighted by atomic mass is 32.1. The topological polar surface area (TPSA) is 85.6 Å². The van der Waals surface area contributed by atoms with Gasteiger partial charge < -0.3 is 14.5 Å². The van der Waals surface area contributed by atoms with E-state index in [0.29, 0.717) is 17.8 Å². The van der Waals surface area contributed by atoms with Crippen LogP contribution in [0.25, 0.3) is 11.3 Å². The van der Waals surface area contributed by atoms with Crippen molar-refractivity contribution in [3.63, 3.8) is 0 Å². The monoisotopic (exact) mass is 465 g/mol. The van der Waals surface area contributed by atoms with Crippen LogP contribution in [-0.2, 0) is 22.1 Å². The van der Waals surface area contributed by atoms with Crippen molar-refractivity contribution in [1.82, 2.24) is 5.32 Å². The summed E-state index contributed by atoms with van der Waals surface area (Å²) in [4.78, 5) is 36.6. The number of nitrogens with one attached hydrogen (secondary N) is 1. The van der Waals surface area contributed by atoms with Crippen molar-refractivity contribution in [3.8, 4) is 11.3 Å². The van der Waals surface area contributed by atoms with Gasteiger partial charge in [-0.2, -0.15) is 13.2 Å². The van der Waals surface area contributed by atoms with E-state index in [4.69, 9.17) is 9.15 Å². The Labute approximate surface area is 185 Å². The maximum atomic E-state index is 12.9. The van der Waals surface area contributed by atoms with Crippen molar-refractivity contribution in [1.29, 1.82) is 0 Å². The molecule has 3 rings (SSSR count). The maximum absolute atomic E-state index is 12.9. The van der Waals surface area contributed by atoms with Gasteiger partial charge in [0.05, 0.1) is 10.4 Å². The lowest BCUT2D eigenvalue weighted by Crippen LogP contribution is -2.22. The molecule has 6 nitrogen and oxygen atoms in total. The molecule has 0 fully saturated rings. The number of hydrogen-bond donors (Lipinski definition) is 1. The maximum Gasteiger partial charge on any atom is 0.416 e. The van der Waals surface area contributed by atoms with Crippen molar-refractivity contribution in [2.24, 2.45) is 0 Å².